The molecule has 0 aliphatic carbocycles. The van der Waals surface area contributed by atoms with Crippen molar-refractivity contribution in [3.8, 4) is 0 Å². The van der Waals surface area contributed by atoms with Gasteiger partial charge in [0, 0.05) is 34.9 Å². The van der Waals surface area contributed by atoms with Crippen LogP contribution < -0.4 is 15.8 Å². The number of nitrogens with zero attached hydrogens (tertiary/aromatic N) is 3. The Kier molecular flexibility index (Phi) is 5.86. The summed E-state index contributed by atoms with van der Waals surface area (Å²) in [5.41, 5.74) is 2.38. The first-order chi connectivity index (χ1) is 14.9. The summed E-state index contributed by atoms with van der Waals surface area (Å²) < 4.78 is 1.15. The van der Waals surface area contributed by atoms with Gasteiger partial charge in [-0.1, -0.05) is 29.8 Å². The summed E-state index contributed by atoms with van der Waals surface area (Å²) >= 11 is 5.84. The fourth-order valence-electron chi connectivity index (χ4n) is 3.69. The number of hydrogen-bond acceptors (Lipinski definition) is 4. The van der Waals surface area contributed by atoms with E-state index < -0.39 is 0 Å². The Morgan fingerprint density at radius 1 is 1.10 bits per heavy atom. The van der Waals surface area contributed by atoms with E-state index in [9.17, 15) is 14.4 Å². The van der Waals surface area contributed by atoms with Crippen molar-refractivity contribution in [3.05, 3.63) is 87.3 Å². The van der Waals surface area contributed by atoms with Crippen LogP contribution in [0.4, 0.5) is 11.4 Å². The molecule has 4 rings (SSSR count). The zero-order valence-corrected chi connectivity index (χ0v) is 17.7. The molecule has 3 aromatic rings. The van der Waals surface area contributed by atoms with E-state index in [0.29, 0.717) is 10.7 Å². The topological polar surface area (TPSA) is 84.3 Å². The highest BCUT2D eigenvalue weighted by molar-refractivity contribution is 6.30. The first-order valence-electron chi connectivity index (χ1n) is 9.97. The predicted octanol–water partition coefficient (Wildman–Crippen LogP) is 3.52. The Labute approximate surface area is 184 Å². The smallest absolute Gasteiger partial charge is 0.278 e. The van der Waals surface area contributed by atoms with Crippen molar-refractivity contribution in [2.45, 2.75) is 32.4 Å². The van der Waals surface area contributed by atoms with Crippen molar-refractivity contribution >= 4 is 34.8 Å². The lowest BCUT2D eigenvalue weighted by Gasteiger charge is -2.22. The summed E-state index contributed by atoms with van der Waals surface area (Å²) in [5, 5.41) is 7.55. The molecule has 0 bridgehead atoms. The summed E-state index contributed by atoms with van der Waals surface area (Å²) in [7, 11) is 0. The van der Waals surface area contributed by atoms with E-state index in [2.05, 4.69) is 10.4 Å². The molecular weight excluding hydrogens is 416 g/mol. The van der Waals surface area contributed by atoms with E-state index in [1.54, 1.807) is 29.2 Å². The Morgan fingerprint density at radius 3 is 2.61 bits per heavy atom. The van der Waals surface area contributed by atoms with Gasteiger partial charge in [-0.3, -0.25) is 14.4 Å². The van der Waals surface area contributed by atoms with Gasteiger partial charge in [0.05, 0.1) is 6.54 Å². The van der Waals surface area contributed by atoms with Crippen molar-refractivity contribution < 1.29 is 9.59 Å². The van der Waals surface area contributed by atoms with E-state index >= 15 is 0 Å². The van der Waals surface area contributed by atoms with Gasteiger partial charge in [0.15, 0.2) is 0 Å². The second kappa shape index (κ2) is 8.73. The summed E-state index contributed by atoms with van der Waals surface area (Å²) in [6, 6.07) is 17.2. The van der Waals surface area contributed by atoms with Crippen LogP contribution in [0.5, 0.6) is 0 Å². The van der Waals surface area contributed by atoms with E-state index in [1.165, 1.54) is 12.1 Å². The maximum absolute atomic E-state index is 13.1. The standard InChI is InChI=1S/C23H21ClN4O3/c1-15-14-16-4-2-3-5-20(16)28(15)23(31)19-10-11-22(30)27(26-19)13-12-21(29)25-18-8-6-17(24)7-9-18/h2-11,15H,12-14H2,1H3,(H,25,29)/t15-/m1/s1. The Hall–Kier alpha value is -3.45. The van der Waals surface area contributed by atoms with Gasteiger partial charge < -0.3 is 10.2 Å². The van der Waals surface area contributed by atoms with Crippen LogP contribution in [0.2, 0.25) is 5.02 Å². The van der Waals surface area contributed by atoms with Crippen molar-refractivity contribution in [2.24, 2.45) is 0 Å². The van der Waals surface area contributed by atoms with E-state index in [4.69, 9.17) is 11.6 Å². The van der Waals surface area contributed by atoms with Gasteiger partial charge in [-0.2, -0.15) is 5.10 Å². The second-order valence-corrected chi connectivity index (χ2v) is 7.88. The molecule has 1 aliphatic heterocycles. The number of fused-ring (bicyclic) bond motifs is 1. The minimum atomic E-state index is -0.370. The van der Waals surface area contributed by atoms with Gasteiger partial charge in [0.25, 0.3) is 11.5 Å². The molecule has 0 unspecified atom stereocenters. The average Bonchev–Trinajstić information content (AvgIpc) is 3.10. The molecule has 0 saturated carbocycles. The third kappa shape index (κ3) is 4.51. The maximum Gasteiger partial charge on any atom is 0.278 e. The zero-order valence-electron chi connectivity index (χ0n) is 16.9. The molecule has 7 nitrogen and oxygen atoms in total. The van der Waals surface area contributed by atoms with Crippen LogP contribution in [-0.2, 0) is 17.8 Å². The van der Waals surface area contributed by atoms with Crippen LogP contribution in [0.1, 0.15) is 29.4 Å². The number of rotatable bonds is 5. The minimum absolute atomic E-state index is 0.00256. The number of aryl methyl sites for hydroxylation is 1. The number of halogens is 1. The molecule has 2 heterocycles. The SMILES string of the molecule is C[C@@H]1Cc2ccccc2N1C(=O)c1ccc(=O)n(CCC(=O)Nc2ccc(Cl)cc2)n1. The molecule has 1 N–H and O–H groups in total. The quantitative estimate of drug-likeness (QED) is 0.663. The van der Waals surface area contributed by atoms with Crippen LogP contribution in [0.3, 0.4) is 0 Å². The number of hydrogen-bond donors (Lipinski definition) is 1. The minimum Gasteiger partial charge on any atom is -0.326 e. The summed E-state index contributed by atoms with van der Waals surface area (Å²) in [4.78, 5) is 39.3. The van der Waals surface area contributed by atoms with E-state index in [1.807, 2.05) is 31.2 Å². The summed E-state index contributed by atoms with van der Waals surface area (Å²) in [5.74, 6) is -0.535. The van der Waals surface area contributed by atoms with Gasteiger partial charge in [-0.15, -0.1) is 0 Å². The Morgan fingerprint density at radius 2 is 1.84 bits per heavy atom. The van der Waals surface area contributed by atoms with Gasteiger partial charge in [0.1, 0.15) is 5.69 Å². The monoisotopic (exact) mass is 436 g/mol. The molecule has 0 saturated heterocycles. The molecule has 1 aromatic heterocycles. The molecule has 1 aliphatic rings. The van der Waals surface area contributed by atoms with Crippen molar-refractivity contribution in [3.63, 3.8) is 0 Å². The Balaban J connectivity index is 1.47. The van der Waals surface area contributed by atoms with Crippen molar-refractivity contribution in [2.75, 3.05) is 10.2 Å². The molecular formula is C23H21ClN4O3. The van der Waals surface area contributed by atoms with Crippen molar-refractivity contribution in [1.29, 1.82) is 0 Å². The van der Waals surface area contributed by atoms with Gasteiger partial charge >= 0.3 is 0 Å². The zero-order chi connectivity index (χ0) is 22.0. The third-order valence-electron chi connectivity index (χ3n) is 5.19. The second-order valence-electron chi connectivity index (χ2n) is 7.44. The maximum atomic E-state index is 13.1. The summed E-state index contributed by atoms with van der Waals surface area (Å²) in [6.07, 6.45) is 0.808. The van der Waals surface area contributed by atoms with Gasteiger partial charge in [-0.05, 0) is 55.3 Å². The number of anilines is 2. The number of carbonyl (C=O) groups is 2. The fourth-order valence-corrected chi connectivity index (χ4v) is 3.81. The van der Waals surface area contributed by atoms with E-state index in [-0.39, 0.29) is 42.1 Å². The third-order valence-corrected chi connectivity index (χ3v) is 5.44. The van der Waals surface area contributed by atoms with Crippen LogP contribution in [-0.4, -0.2) is 27.6 Å². The molecule has 158 valence electrons. The predicted molar refractivity (Wildman–Crippen MR) is 120 cm³/mol. The van der Waals surface area contributed by atoms with Crippen LogP contribution >= 0.6 is 11.6 Å². The molecule has 0 fully saturated rings. The molecule has 0 radical (unpaired) electrons. The highest BCUT2D eigenvalue weighted by Crippen LogP contribution is 2.32. The lowest BCUT2D eigenvalue weighted by Crippen LogP contribution is -2.37. The number of amides is 2. The first kappa shape index (κ1) is 20.8. The van der Waals surface area contributed by atoms with Gasteiger partial charge in [-0.25, -0.2) is 4.68 Å². The lowest BCUT2D eigenvalue weighted by atomic mass is 10.1. The number of carbonyl (C=O) groups excluding carboxylic acids is 2. The van der Waals surface area contributed by atoms with Crippen LogP contribution in [0.15, 0.2) is 65.5 Å². The number of benzene rings is 2. The fraction of sp³-hybridized carbons (Fsp3) is 0.217. The highest BCUT2D eigenvalue weighted by atomic mass is 35.5. The van der Waals surface area contributed by atoms with E-state index in [0.717, 1.165) is 22.4 Å². The molecule has 31 heavy (non-hydrogen) atoms. The number of para-hydroxylation sites is 1. The van der Waals surface area contributed by atoms with Gasteiger partial charge in [0.2, 0.25) is 5.91 Å². The largest absolute Gasteiger partial charge is 0.326 e. The molecule has 1 atom stereocenters. The molecule has 0 spiro atoms. The van der Waals surface area contributed by atoms with Crippen molar-refractivity contribution in [1.82, 2.24) is 9.78 Å². The van der Waals surface area contributed by atoms with Crippen LogP contribution in [0, 0.1) is 0 Å². The first-order valence-corrected chi connectivity index (χ1v) is 10.4. The number of aromatic nitrogens is 2. The molecule has 8 heteroatoms. The molecule has 2 amide bonds. The Bertz CT molecular complexity index is 1190. The molecule has 2 aromatic carbocycles. The normalized spacial score (nSPS) is 14.9. The average molecular weight is 437 g/mol. The number of nitrogens with one attached hydrogen (secondary N) is 1. The highest BCUT2D eigenvalue weighted by Gasteiger charge is 2.32. The summed E-state index contributed by atoms with van der Waals surface area (Å²) in [6.45, 7) is 2.04. The lowest BCUT2D eigenvalue weighted by molar-refractivity contribution is -0.116. The van der Waals surface area contributed by atoms with Crippen LogP contribution in [0.25, 0.3) is 0 Å².